The number of ether oxygens (including phenoxy) is 2. The molecule has 0 radical (unpaired) electrons. The Hall–Kier alpha value is -3.94. The highest BCUT2D eigenvalue weighted by Gasteiger charge is 2.19. The van der Waals surface area contributed by atoms with Crippen molar-refractivity contribution >= 4 is 0 Å². The summed E-state index contributed by atoms with van der Waals surface area (Å²) < 4.78 is 17.7. The van der Waals surface area contributed by atoms with Crippen LogP contribution >= 0.6 is 0 Å². The molecular formula is C21H16N4O4. The van der Waals surface area contributed by atoms with E-state index in [1.807, 2.05) is 26.0 Å². The molecule has 4 aromatic rings. The van der Waals surface area contributed by atoms with E-state index in [1.165, 1.54) is 6.07 Å². The lowest BCUT2D eigenvalue weighted by molar-refractivity contribution is 0.174. The average Bonchev–Trinajstić information content (AvgIpc) is 3.36. The molecule has 8 heteroatoms. The predicted octanol–water partition coefficient (Wildman–Crippen LogP) is 3.30. The molecule has 3 heterocycles. The fraction of sp³-hybridized carbons (Fsp3) is 0.143. The van der Waals surface area contributed by atoms with Gasteiger partial charge in [0.25, 0.3) is 5.89 Å². The summed E-state index contributed by atoms with van der Waals surface area (Å²) in [6, 6.07) is 12.8. The van der Waals surface area contributed by atoms with Gasteiger partial charge in [0, 0.05) is 17.8 Å². The van der Waals surface area contributed by atoms with E-state index in [9.17, 15) is 4.79 Å². The van der Waals surface area contributed by atoms with Crippen LogP contribution in [0.1, 0.15) is 11.1 Å². The van der Waals surface area contributed by atoms with Crippen LogP contribution in [-0.4, -0.2) is 26.7 Å². The summed E-state index contributed by atoms with van der Waals surface area (Å²) in [5.74, 6) is 1.67. The van der Waals surface area contributed by atoms with Crippen molar-refractivity contribution in [2.75, 3.05) is 6.79 Å². The van der Waals surface area contributed by atoms with Gasteiger partial charge in [-0.05, 0) is 55.3 Å². The molecule has 0 N–H and O–H groups in total. The number of hydrogen-bond donors (Lipinski definition) is 0. The first-order valence-electron chi connectivity index (χ1n) is 8.99. The first-order valence-corrected chi connectivity index (χ1v) is 8.99. The maximum absolute atomic E-state index is 12.4. The van der Waals surface area contributed by atoms with Gasteiger partial charge >= 0.3 is 0 Å². The van der Waals surface area contributed by atoms with Crippen molar-refractivity contribution < 1.29 is 14.0 Å². The van der Waals surface area contributed by atoms with E-state index in [0.717, 1.165) is 16.8 Å². The SMILES string of the molecule is Cc1cc(C)cc(-n2ccc(=O)c(-c3nc(-c4ccc5c(c4)OCO5)no3)n2)c1. The van der Waals surface area contributed by atoms with E-state index in [-0.39, 0.29) is 23.8 Å². The summed E-state index contributed by atoms with van der Waals surface area (Å²) in [6.45, 7) is 4.20. The van der Waals surface area contributed by atoms with E-state index < -0.39 is 0 Å². The summed E-state index contributed by atoms with van der Waals surface area (Å²) in [4.78, 5) is 16.8. The van der Waals surface area contributed by atoms with Gasteiger partial charge in [0.2, 0.25) is 18.0 Å². The summed E-state index contributed by atoms with van der Waals surface area (Å²) in [5.41, 5.74) is 3.53. The summed E-state index contributed by atoms with van der Waals surface area (Å²) >= 11 is 0. The third kappa shape index (κ3) is 3.14. The highest BCUT2D eigenvalue weighted by atomic mass is 16.7. The zero-order chi connectivity index (χ0) is 20.0. The number of benzene rings is 2. The molecule has 0 atom stereocenters. The number of fused-ring (bicyclic) bond motifs is 1. The molecule has 29 heavy (non-hydrogen) atoms. The molecule has 0 unspecified atom stereocenters. The standard InChI is InChI=1S/C21H16N4O4/c1-12-7-13(2)9-15(8-12)25-6-5-16(26)19(23-25)21-22-20(24-29-21)14-3-4-17-18(10-14)28-11-27-17/h3-10H,11H2,1-2H3. The van der Waals surface area contributed by atoms with Crippen LogP contribution in [0.2, 0.25) is 0 Å². The third-order valence-electron chi connectivity index (χ3n) is 4.54. The Morgan fingerprint density at radius 2 is 1.76 bits per heavy atom. The summed E-state index contributed by atoms with van der Waals surface area (Å²) in [7, 11) is 0. The van der Waals surface area contributed by atoms with Crippen LogP contribution in [-0.2, 0) is 0 Å². The number of hydrogen-bond acceptors (Lipinski definition) is 7. The molecular weight excluding hydrogens is 372 g/mol. The zero-order valence-corrected chi connectivity index (χ0v) is 15.7. The second-order valence-electron chi connectivity index (χ2n) is 6.81. The quantitative estimate of drug-likeness (QED) is 0.532. The largest absolute Gasteiger partial charge is 0.454 e. The van der Waals surface area contributed by atoms with E-state index in [0.29, 0.717) is 22.9 Å². The van der Waals surface area contributed by atoms with Crippen LogP contribution in [0.5, 0.6) is 11.5 Å². The van der Waals surface area contributed by atoms with Crippen molar-refractivity contribution in [3.8, 4) is 40.2 Å². The van der Waals surface area contributed by atoms with Crippen molar-refractivity contribution in [2.24, 2.45) is 0 Å². The van der Waals surface area contributed by atoms with E-state index in [4.69, 9.17) is 14.0 Å². The fourth-order valence-corrected chi connectivity index (χ4v) is 3.26. The molecule has 0 aliphatic carbocycles. The van der Waals surface area contributed by atoms with E-state index in [1.54, 1.807) is 29.1 Å². The number of aromatic nitrogens is 4. The lowest BCUT2D eigenvalue weighted by Crippen LogP contribution is -2.13. The Kier molecular flexibility index (Phi) is 3.90. The maximum atomic E-state index is 12.4. The van der Waals surface area contributed by atoms with E-state index >= 15 is 0 Å². The molecule has 0 amide bonds. The van der Waals surface area contributed by atoms with Gasteiger partial charge in [-0.3, -0.25) is 4.79 Å². The molecule has 8 nitrogen and oxygen atoms in total. The molecule has 2 aromatic carbocycles. The fourth-order valence-electron chi connectivity index (χ4n) is 3.26. The summed E-state index contributed by atoms with van der Waals surface area (Å²) in [6.07, 6.45) is 1.62. The Bertz CT molecular complexity index is 1270. The lowest BCUT2D eigenvalue weighted by atomic mass is 10.1. The summed E-state index contributed by atoms with van der Waals surface area (Å²) in [5, 5.41) is 8.41. The van der Waals surface area contributed by atoms with Gasteiger partial charge in [0.1, 0.15) is 0 Å². The van der Waals surface area contributed by atoms with Crippen LogP contribution in [0.4, 0.5) is 0 Å². The Morgan fingerprint density at radius 1 is 0.966 bits per heavy atom. The van der Waals surface area contributed by atoms with Crippen LogP contribution in [0.25, 0.3) is 28.7 Å². The van der Waals surface area contributed by atoms with Crippen LogP contribution in [0, 0.1) is 13.8 Å². The normalized spacial score (nSPS) is 12.3. The van der Waals surface area contributed by atoms with Gasteiger partial charge in [0.15, 0.2) is 17.2 Å². The van der Waals surface area contributed by atoms with Crippen molar-refractivity contribution in [3.63, 3.8) is 0 Å². The van der Waals surface area contributed by atoms with Crippen LogP contribution in [0.15, 0.2) is 58.0 Å². The minimum Gasteiger partial charge on any atom is -0.454 e. The van der Waals surface area contributed by atoms with Gasteiger partial charge < -0.3 is 14.0 Å². The molecule has 144 valence electrons. The molecule has 0 bridgehead atoms. The zero-order valence-electron chi connectivity index (χ0n) is 15.7. The average molecular weight is 388 g/mol. The second kappa shape index (κ2) is 6.59. The number of nitrogens with zero attached hydrogens (tertiary/aromatic N) is 4. The predicted molar refractivity (Wildman–Crippen MR) is 104 cm³/mol. The van der Waals surface area contributed by atoms with E-state index in [2.05, 4.69) is 21.3 Å². The number of rotatable bonds is 3. The Balaban J connectivity index is 1.54. The third-order valence-corrected chi connectivity index (χ3v) is 4.54. The number of aryl methyl sites for hydroxylation is 2. The molecule has 5 rings (SSSR count). The van der Waals surface area contributed by atoms with Crippen molar-refractivity contribution in [1.29, 1.82) is 0 Å². The smallest absolute Gasteiger partial charge is 0.282 e. The van der Waals surface area contributed by atoms with Crippen molar-refractivity contribution in [1.82, 2.24) is 19.9 Å². The van der Waals surface area contributed by atoms with Gasteiger partial charge in [-0.1, -0.05) is 11.2 Å². The minimum absolute atomic E-state index is 0.0568. The van der Waals surface area contributed by atoms with Gasteiger partial charge in [-0.25, -0.2) is 4.68 Å². The van der Waals surface area contributed by atoms with Gasteiger partial charge in [-0.15, -0.1) is 0 Å². The highest BCUT2D eigenvalue weighted by Crippen LogP contribution is 2.35. The topological polar surface area (TPSA) is 92.3 Å². The maximum Gasteiger partial charge on any atom is 0.282 e. The second-order valence-corrected chi connectivity index (χ2v) is 6.81. The monoisotopic (exact) mass is 388 g/mol. The van der Waals surface area contributed by atoms with Crippen LogP contribution in [0.3, 0.4) is 0 Å². The van der Waals surface area contributed by atoms with Gasteiger partial charge in [-0.2, -0.15) is 10.1 Å². The molecule has 0 spiro atoms. The minimum atomic E-state index is -0.300. The van der Waals surface area contributed by atoms with Crippen molar-refractivity contribution in [3.05, 3.63) is 70.0 Å². The first-order chi connectivity index (χ1) is 14.1. The molecule has 2 aromatic heterocycles. The molecule has 1 aliphatic heterocycles. The Labute approximate surface area is 165 Å². The molecule has 0 fully saturated rings. The van der Waals surface area contributed by atoms with Gasteiger partial charge in [0.05, 0.1) is 5.69 Å². The lowest BCUT2D eigenvalue weighted by Gasteiger charge is -2.08. The highest BCUT2D eigenvalue weighted by molar-refractivity contribution is 5.63. The molecule has 0 saturated heterocycles. The van der Waals surface area contributed by atoms with Crippen LogP contribution < -0.4 is 14.9 Å². The van der Waals surface area contributed by atoms with Crippen molar-refractivity contribution in [2.45, 2.75) is 13.8 Å². The molecule has 0 saturated carbocycles. The Morgan fingerprint density at radius 3 is 2.59 bits per heavy atom. The molecule has 1 aliphatic rings. The first kappa shape index (κ1) is 17.2.